The summed E-state index contributed by atoms with van der Waals surface area (Å²) in [5.41, 5.74) is 0. The number of hydrogen-bond acceptors (Lipinski definition) is 2. The van der Waals surface area contributed by atoms with E-state index >= 15 is 0 Å². The Labute approximate surface area is 93.4 Å². The highest BCUT2D eigenvalue weighted by molar-refractivity contribution is 7.99. The summed E-state index contributed by atoms with van der Waals surface area (Å²) in [4.78, 5) is 0. The second-order valence-electron chi connectivity index (χ2n) is 5.28. The van der Waals surface area contributed by atoms with Gasteiger partial charge in [0, 0.05) is 17.3 Å². The van der Waals surface area contributed by atoms with E-state index in [9.17, 15) is 0 Å². The summed E-state index contributed by atoms with van der Waals surface area (Å²) in [5, 5.41) is 3.65. The van der Waals surface area contributed by atoms with Crippen LogP contribution in [-0.2, 0) is 0 Å². The van der Waals surface area contributed by atoms with E-state index in [0.717, 1.165) is 12.5 Å². The Kier molecular flexibility index (Phi) is 4.78. The van der Waals surface area contributed by atoms with Gasteiger partial charge in [-0.05, 0) is 39.4 Å². The quantitative estimate of drug-likeness (QED) is 0.729. The lowest BCUT2D eigenvalue weighted by Gasteiger charge is -2.30. The highest BCUT2D eigenvalue weighted by atomic mass is 32.2. The lowest BCUT2D eigenvalue weighted by Crippen LogP contribution is -2.38. The number of nitrogens with one attached hydrogen (secondary N) is 1. The van der Waals surface area contributed by atoms with Gasteiger partial charge < -0.3 is 5.32 Å². The second kappa shape index (κ2) is 5.41. The van der Waals surface area contributed by atoms with E-state index in [4.69, 9.17) is 0 Å². The van der Waals surface area contributed by atoms with E-state index in [2.05, 4.69) is 32.3 Å². The summed E-state index contributed by atoms with van der Waals surface area (Å²) < 4.78 is 0.383. The molecule has 0 saturated heterocycles. The molecule has 84 valence electrons. The minimum Gasteiger partial charge on any atom is -0.313 e. The van der Waals surface area contributed by atoms with Crippen LogP contribution in [0, 0.1) is 5.92 Å². The maximum absolute atomic E-state index is 3.65. The van der Waals surface area contributed by atoms with Gasteiger partial charge in [-0.25, -0.2) is 0 Å². The third-order valence-electron chi connectivity index (χ3n) is 3.34. The lowest BCUT2D eigenvalue weighted by molar-refractivity contribution is 0.264. The van der Waals surface area contributed by atoms with Crippen LogP contribution in [-0.4, -0.2) is 23.6 Å². The van der Waals surface area contributed by atoms with Gasteiger partial charge >= 0.3 is 0 Å². The molecular formula is C12H25NS. The van der Waals surface area contributed by atoms with Crippen molar-refractivity contribution in [2.75, 3.05) is 12.8 Å². The molecule has 0 aromatic heterocycles. The average Bonchev–Trinajstić information content (AvgIpc) is 2.08. The van der Waals surface area contributed by atoms with E-state index in [1.807, 2.05) is 11.8 Å². The molecule has 1 nitrogen and oxygen atoms in total. The molecule has 0 amide bonds. The van der Waals surface area contributed by atoms with Crippen molar-refractivity contribution in [1.29, 1.82) is 0 Å². The van der Waals surface area contributed by atoms with Crippen LogP contribution in [0.4, 0.5) is 0 Å². The van der Waals surface area contributed by atoms with Gasteiger partial charge in [-0.15, -0.1) is 0 Å². The molecule has 1 aliphatic carbocycles. The van der Waals surface area contributed by atoms with Crippen LogP contribution in [0.25, 0.3) is 0 Å². The Morgan fingerprint density at radius 3 is 2.50 bits per heavy atom. The van der Waals surface area contributed by atoms with Crippen LogP contribution in [0.5, 0.6) is 0 Å². The van der Waals surface area contributed by atoms with Gasteiger partial charge in [-0.1, -0.05) is 19.3 Å². The van der Waals surface area contributed by atoms with Gasteiger partial charge in [0.05, 0.1) is 0 Å². The molecule has 1 N–H and O–H groups in total. The van der Waals surface area contributed by atoms with Gasteiger partial charge in [0.2, 0.25) is 0 Å². The molecule has 0 bridgehead atoms. The molecule has 0 aromatic rings. The van der Waals surface area contributed by atoms with Crippen molar-refractivity contribution in [2.24, 2.45) is 5.92 Å². The lowest BCUT2D eigenvalue weighted by atomic mass is 9.81. The molecule has 1 atom stereocenters. The van der Waals surface area contributed by atoms with Crippen molar-refractivity contribution >= 4 is 11.8 Å². The first-order chi connectivity index (χ1) is 6.53. The molecule has 0 radical (unpaired) electrons. The number of hydrogen-bond donors (Lipinski definition) is 1. The minimum absolute atomic E-state index is 0.383. The molecule has 1 aliphatic rings. The van der Waals surface area contributed by atoms with E-state index in [1.165, 1.54) is 25.7 Å². The van der Waals surface area contributed by atoms with Crippen molar-refractivity contribution in [1.82, 2.24) is 5.32 Å². The van der Waals surface area contributed by atoms with Crippen LogP contribution in [0.1, 0.15) is 46.5 Å². The molecule has 1 unspecified atom stereocenters. The predicted molar refractivity (Wildman–Crippen MR) is 67.0 cm³/mol. The van der Waals surface area contributed by atoms with Crippen molar-refractivity contribution < 1.29 is 0 Å². The van der Waals surface area contributed by atoms with E-state index < -0.39 is 0 Å². The Morgan fingerprint density at radius 2 is 2.07 bits per heavy atom. The highest BCUT2D eigenvalue weighted by Crippen LogP contribution is 2.30. The third kappa shape index (κ3) is 4.22. The summed E-state index contributed by atoms with van der Waals surface area (Å²) in [7, 11) is 0. The summed E-state index contributed by atoms with van der Waals surface area (Å²) in [6.45, 7) is 8.07. The van der Waals surface area contributed by atoms with E-state index in [1.54, 1.807) is 0 Å². The van der Waals surface area contributed by atoms with Crippen molar-refractivity contribution in [3.05, 3.63) is 0 Å². The van der Waals surface area contributed by atoms with Crippen LogP contribution < -0.4 is 5.32 Å². The highest BCUT2D eigenvalue weighted by Gasteiger charge is 2.21. The van der Waals surface area contributed by atoms with Crippen LogP contribution in [0.2, 0.25) is 0 Å². The molecule has 14 heavy (non-hydrogen) atoms. The second-order valence-corrected chi connectivity index (χ2v) is 6.79. The van der Waals surface area contributed by atoms with Gasteiger partial charge in [-0.2, -0.15) is 11.8 Å². The predicted octanol–water partition coefficient (Wildman–Crippen LogP) is 3.30. The molecular weight excluding hydrogens is 190 g/mol. The summed E-state index contributed by atoms with van der Waals surface area (Å²) in [6, 6.07) is 0.701. The summed E-state index contributed by atoms with van der Waals surface area (Å²) in [6.07, 6.45) is 7.98. The third-order valence-corrected chi connectivity index (χ3v) is 4.59. The topological polar surface area (TPSA) is 12.0 Å². The Balaban J connectivity index is 2.10. The van der Waals surface area contributed by atoms with Crippen LogP contribution in [0.15, 0.2) is 0 Å². The van der Waals surface area contributed by atoms with Gasteiger partial charge in [0.1, 0.15) is 0 Å². The first-order valence-electron chi connectivity index (χ1n) is 5.82. The van der Waals surface area contributed by atoms with Crippen molar-refractivity contribution in [3.63, 3.8) is 0 Å². The number of thioether (sulfide) groups is 1. The Bertz CT molecular complexity index is 164. The molecule has 0 spiro atoms. The molecule has 2 heteroatoms. The molecule has 1 saturated carbocycles. The van der Waals surface area contributed by atoms with Crippen molar-refractivity contribution in [2.45, 2.75) is 57.2 Å². The zero-order valence-corrected chi connectivity index (χ0v) is 10.9. The minimum atomic E-state index is 0.383. The zero-order valence-electron chi connectivity index (χ0n) is 10.1. The first kappa shape index (κ1) is 12.4. The van der Waals surface area contributed by atoms with E-state index in [-0.39, 0.29) is 0 Å². The van der Waals surface area contributed by atoms with Gasteiger partial charge in [-0.3, -0.25) is 0 Å². The largest absolute Gasteiger partial charge is 0.313 e. The van der Waals surface area contributed by atoms with Crippen LogP contribution >= 0.6 is 11.8 Å². The molecule has 0 aromatic carbocycles. The van der Waals surface area contributed by atoms with E-state index in [0.29, 0.717) is 10.8 Å². The fourth-order valence-corrected chi connectivity index (χ4v) is 2.03. The Hall–Kier alpha value is 0.310. The number of rotatable bonds is 6. The first-order valence-corrected chi connectivity index (χ1v) is 7.04. The monoisotopic (exact) mass is 215 g/mol. The Morgan fingerprint density at radius 1 is 1.43 bits per heavy atom. The summed E-state index contributed by atoms with van der Waals surface area (Å²) >= 11 is 1.95. The van der Waals surface area contributed by atoms with Crippen LogP contribution in [0.3, 0.4) is 0 Å². The fraction of sp³-hybridized carbons (Fsp3) is 1.00. The molecule has 0 aliphatic heterocycles. The molecule has 1 fully saturated rings. The SMILES string of the molecule is CSC(C)(C)CNC(C)CC1CCC1. The van der Waals surface area contributed by atoms with Gasteiger partial charge in [0.25, 0.3) is 0 Å². The standard InChI is InChI=1S/C12H25NS/c1-10(8-11-6-5-7-11)13-9-12(2,3)14-4/h10-11,13H,5-9H2,1-4H3. The average molecular weight is 215 g/mol. The smallest absolute Gasteiger partial charge is 0.0225 e. The van der Waals surface area contributed by atoms with Gasteiger partial charge in [0.15, 0.2) is 0 Å². The zero-order chi connectivity index (χ0) is 10.6. The summed E-state index contributed by atoms with van der Waals surface area (Å²) in [5.74, 6) is 1.02. The maximum atomic E-state index is 3.65. The normalized spacial score (nSPS) is 20.6. The molecule has 1 rings (SSSR count). The molecule has 0 heterocycles. The van der Waals surface area contributed by atoms with Crippen molar-refractivity contribution in [3.8, 4) is 0 Å². The fourth-order valence-electron chi connectivity index (χ4n) is 1.80. The maximum Gasteiger partial charge on any atom is 0.0225 e.